The van der Waals surface area contributed by atoms with E-state index in [4.69, 9.17) is 0 Å². The number of carbonyl (C=O) groups excluding carboxylic acids is 1. The summed E-state index contributed by atoms with van der Waals surface area (Å²) in [5.74, 6) is 0.635. The number of carbonyl (C=O) groups is 1. The van der Waals surface area contributed by atoms with Gasteiger partial charge in [-0.2, -0.15) is 0 Å². The van der Waals surface area contributed by atoms with E-state index < -0.39 is 0 Å². The second-order valence-electron chi connectivity index (χ2n) is 5.64. The molecule has 0 saturated carbocycles. The summed E-state index contributed by atoms with van der Waals surface area (Å²) >= 11 is 3.35. The number of aliphatic imine (C=N–C) groups is 1. The Kier molecular flexibility index (Phi) is 6.68. The zero-order chi connectivity index (χ0) is 15.9. The summed E-state index contributed by atoms with van der Waals surface area (Å²) < 4.78 is 0.892. The number of hydrogen-bond acceptors (Lipinski definition) is 2. The van der Waals surface area contributed by atoms with E-state index in [0.717, 1.165) is 10.4 Å². The zero-order valence-corrected chi connectivity index (χ0v) is 14.5. The van der Waals surface area contributed by atoms with E-state index in [-0.39, 0.29) is 11.4 Å². The molecule has 0 unspecified atom stereocenters. The van der Waals surface area contributed by atoms with Crippen LogP contribution in [0.5, 0.6) is 0 Å². The Hall–Kier alpha value is -1.56. The molecule has 0 fully saturated rings. The highest BCUT2D eigenvalue weighted by atomic mass is 79.9. The second-order valence-corrected chi connectivity index (χ2v) is 6.56. The average molecular weight is 355 g/mol. The third-order valence-corrected chi connectivity index (χ3v) is 3.00. The van der Waals surface area contributed by atoms with E-state index in [9.17, 15) is 4.79 Å². The number of rotatable bonds is 4. The molecule has 21 heavy (non-hydrogen) atoms. The van der Waals surface area contributed by atoms with Crippen molar-refractivity contribution in [2.45, 2.75) is 26.3 Å². The fourth-order valence-corrected chi connectivity index (χ4v) is 2.02. The van der Waals surface area contributed by atoms with Gasteiger partial charge in [0.05, 0.1) is 0 Å². The summed E-state index contributed by atoms with van der Waals surface area (Å²) in [7, 11) is 1.72. The van der Waals surface area contributed by atoms with Gasteiger partial charge < -0.3 is 16.0 Å². The second kappa shape index (κ2) is 8.02. The van der Waals surface area contributed by atoms with Crippen LogP contribution < -0.4 is 16.0 Å². The lowest BCUT2D eigenvalue weighted by Gasteiger charge is -2.23. The molecule has 116 valence electrons. The van der Waals surface area contributed by atoms with Gasteiger partial charge in [-0.1, -0.05) is 22.0 Å². The van der Waals surface area contributed by atoms with Crippen molar-refractivity contribution in [1.82, 2.24) is 16.0 Å². The van der Waals surface area contributed by atoms with Crippen LogP contribution in [0, 0.1) is 0 Å². The fraction of sp³-hybridized carbons (Fsp3) is 0.467. The zero-order valence-electron chi connectivity index (χ0n) is 13.0. The summed E-state index contributed by atoms with van der Waals surface area (Å²) in [5.41, 5.74) is 0.586. The first kappa shape index (κ1) is 17.5. The lowest BCUT2D eigenvalue weighted by Crippen LogP contribution is -2.49. The monoisotopic (exact) mass is 354 g/mol. The molecule has 0 aliphatic rings. The lowest BCUT2D eigenvalue weighted by molar-refractivity contribution is 0.0954. The number of nitrogens with zero attached hydrogens (tertiary/aromatic N) is 1. The SMILES string of the molecule is CN=C(NCCNC(=O)c1cccc(Br)c1)NC(C)(C)C. The quantitative estimate of drug-likeness (QED) is 0.441. The van der Waals surface area contributed by atoms with Crippen molar-refractivity contribution in [3.8, 4) is 0 Å². The number of guanidine groups is 1. The minimum atomic E-state index is -0.0862. The number of benzene rings is 1. The highest BCUT2D eigenvalue weighted by Crippen LogP contribution is 2.11. The highest BCUT2D eigenvalue weighted by molar-refractivity contribution is 9.10. The van der Waals surface area contributed by atoms with Crippen molar-refractivity contribution in [2.24, 2.45) is 4.99 Å². The van der Waals surface area contributed by atoms with E-state index in [1.54, 1.807) is 19.2 Å². The van der Waals surface area contributed by atoms with Crippen LogP contribution in [0.1, 0.15) is 31.1 Å². The molecule has 1 amide bonds. The maximum atomic E-state index is 11.9. The van der Waals surface area contributed by atoms with Gasteiger partial charge >= 0.3 is 0 Å². The van der Waals surface area contributed by atoms with Crippen LogP contribution in [0.3, 0.4) is 0 Å². The topological polar surface area (TPSA) is 65.5 Å². The number of halogens is 1. The molecule has 0 bridgehead atoms. The summed E-state index contributed by atoms with van der Waals surface area (Å²) in [4.78, 5) is 16.1. The minimum absolute atomic E-state index is 0.0542. The molecule has 5 nitrogen and oxygen atoms in total. The largest absolute Gasteiger partial charge is 0.355 e. The Labute approximate surface area is 134 Å². The maximum absolute atomic E-state index is 11.9. The molecular formula is C15H23BrN4O. The first-order valence-electron chi connectivity index (χ1n) is 6.84. The molecule has 0 saturated heterocycles. The number of hydrogen-bond donors (Lipinski definition) is 3. The summed E-state index contributed by atoms with van der Waals surface area (Å²) in [6.45, 7) is 7.32. The molecule has 1 rings (SSSR count). The van der Waals surface area contributed by atoms with Crippen molar-refractivity contribution in [1.29, 1.82) is 0 Å². The molecule has 1 aromatic carbocycles. The maximum Gasteiger partial charge on any atom is 0.251 e. The lowest BCUT2D eigenvalue weighted by atomic mass is 10.1. The summed E-state index contributed by atoms with van der Waals surface area (Å²) in [6, 6.07) is 7.31. The summed E-state index contributed by atoms with van der Waals surface area (Å²) in [6.07, 6.45) is 0. The van der Waals surface area contributed by atoms with Crippen molar-refractivity contribution in [3.05, 3.63) is 34.3 Å². The Balaban J connectivity index is 2.35. The molecule has 0 atom stereocenters. The van der Waals surface area contributed by atoms with Gasteiger partial charge in [0, 0.05) is 35.7 Å². The first-order valence-corrected chi connectivity index (χ1v) is 7.64. The predicted molar refractivity (Wildman–Crippen MR) is 90.7 cm³/mol. The third kappa shape index (κ3) is 7.13. The fourth-order valence-electron chi connectivity index (χ4n) is 1.62. The Bertz CT molecular complexity index is 509. The normalized spacial score (nSPS) is 12.0. The Morgan fingerprint density at radius 1 is 1.24 bits per heavy atom. The van der Waals surface area contributed by atoms with Crippen LogP contribution in [0.2, 0.25) is 0 Å². The van der Waals surface area contributed by atoms with E-state index >= 15 is 0 Å². The Morgan fingerprint density at radius 2 is 1.90 bits per heavy atom. The molecule has 1 aromatic rings. The van der Waals surface area contributed by atoms with E-state index in [1.165, 1.54) is 0 Å². The minimum Gasteiger partial charge on any atom is -0.355 e. The van der Waals surface area contributed by atoms with Gasteiger partial charge in [-0.05, 0) is 39.0 Å². The molecule has 0 aliphatic heterocycles. The van der Waals surface area contributed by atoms with Crippen LogP contribution in [-0.2, 0) is 0 Å². The van der Waals surface area contributed by atoms with E-state index in [0.29, 0.717) is 18.7 Å². The van der Waals surface area contributed by atoms with Gasteiger partial charge in [-0.25, -0.2) is 0 Å². The number of amides is 1. The molecular weight excluding hydrogens is 332 g/mol. The molecule has 6 heteroatoms. The van der Waals surface area contributed by atoms with E-state index in [2.05, 4.69) is 57.6 Å². The smallest absolute Gasteiger partial charge is 0.251 e. The van der Waals surface area contributed by atoms with Crippen LogP contribution in [0.4, 0.5) is 0 Å². The number of nitrogens with one attached hydrogen (secondary N) is 3. The average Bonchev–Trinajstić information content (AvgIpc) is 2.40. The molecule has 3 N–H and O–H groups in total. The van der Waals surface area contributed by atoms with Crippen LogP contribution in [0.15, 0.2) is 33.7 Å². The third-order valence-electron chi connectivity index (χ3n) is 2.51. The molecule has 0 aliphatic carbocycles. The highest BCUT2D eigenvalue weighted by Gasteiger charge is 2.11. The molecule has 0 heterocycles. The van der Waals surface area contributed by atoms with Gasteiger partial charge in [-0.3, -0.25) is 9.79 Å². The Morgan fingerprint density at radius 3 is 2.48 bits per heavy atom. The van der Waals surface area contributed by atoms with Crippen LogP contribution >= 0.6 is 15.9 Å². The van der Waals surface area contributed by atoms with Gasteiger partial charge in [0.2, 0.25) is 0 Å². The summed E-state index contributed by atoms with van der Waals surface area (Å²) in [5, 5.41) is 9.28. The van der Waals surface area contributed by atoms with Crippen molar-refractivity contribution in [3.63, 3.8) is 0 Å². The van der Waals surface area contributed by atoms with Crippen LogP contribution in [-0.4, -0.2) is 37.5 Å². The van der Waals surface area contributed by atoms with Gasteiger partial charge in [0.1, 0.15) is 0 Å². The predicted octanol–water partition coefficient (Wildman–Crippen LogP) is 2.14. The molecule has 0 radical (unpaired) electrons. The molecule has 0 spiro atoms. The van der Waals surface area contributed by atoms with Gasteiger partial charge in [0.25, 0.3) is 5.91 Å². The van der Waals surface area contributed by atoms with Crippen molar-refractivity contribution >= 4 is 27.8 Å². The van der Waals surface area contributed by atoms with E-state index in [1.807, 2.05) is 12.1 Å². The standard InChI is InChI=1S/C15H23BrN4O/c1-15(2,3)20-14(17-4)19-9-8-18-13(21)11-6-5-7-12(16)10-11/h5-7,10H,8-9H2,1-4H3,(H,18,21)(H2,17,19,20). The first-order chi connectivity index (χ1) is 9.81. The molecule has 0 aromatic heterocycles. The van der Waals surface area contributed by atoms with Crippen molar-refractivity contribution in [2.75, 3.05) is 20.1 Å². The van der Waals surface area contributed by atoms with Crippen molar-refractivity contribution < 1.29 is 4.79 Å². The van der Waals surface area contributed by atoms with Crippen LogP contribution in [0.25, 0.3) is 0 Å². The van der Waals surface area contributed by atoms with Gasteiger partial charge in [0.15, 0.2) is 5.96 Å². The van der Waals surface area contributed by atoms with Gasteiger partial charge in [-0.15, -0.1) is 0 Å².